The van der Waals surface area contributed by atoms with E-state index in [0.717, 1.165) is 7.11 Å². The maximum absolute atomic E-state index is 12.6. The Labute approximate surface area is 160 Å². The number of nitrogens with one attached hydrogen (secondary N) is 1. The normalized spacial score (nSPS) is 12.9. The molecule has 0 heterocycles. The molecular weight excluding hydrogens is 350 g/mol. The van der Waals surface area contributed by atoms with E-state index in [1.165, 1.54) is 6.92 Å². The first-order chi connectivity index (χ1) is 12.2. The van der Waals surface area contributed by atoms with Gasteiger partial charge in [0.05, 0.1) is 12.7 Å². The van der Waals surface area contributed by atoms with E-state index in [0.29, 0.717) is 11.1 Å². The van der Waals surface area contributed by atoms with E-state index >= 15 is 0 Å². The zero-order chi connectivity index (χ0) is 21.2. The van der Waals surface area contributed by atoms with E-state index in [4.69, 9.17) is 4.74 Å². The van der Waals surface area contributed by atoms with E-state index in [1.54, 1.807) is 12.1 Å². The predicted octanol–water partition coefficient (Wildman–Crippen LogP) is 3.42. The van der Waals surface area contributed by atoms with Crippen molar-refractivity contribution in [3.63, 3.8) is 0 Å². The Bertz CT molecular complexity index is 705. The summed E-state index contributed by atoms with van der Waals surface area (Å²) >= 11 is 0. The van der Waals surface area contributed by atoms with Crippen molar-refractivity contribution in [3.05, 3.63) is 28.8 Å². The van der Waals surface area contributed by atoms with Crippen LogP contribution in [0.15, 0.2) is 12.1 Å². The number of benzene rings is 1. The minimum Gasteiger partial charge on any atom is -0.507 e. The Morgan fingerprint density at radius 3 is 1.81 bits per heavy atom. The van der Waals surface area contributed by atoms with Gasteiger partial charge in [-0.05, 0) is 29.9 Å². The highest BCUT2D eigenvalue weighted by Crippen LogP contribution is 2.39. The fraction of sp³-hybridized carbons (Fsp3) is 0.550. The Balaban J connectivity index is 3.23. The number of esters is 1. The van der Waals surface area contributed by atoms with E-state index in [1.807, 2.05) is 46.9 Å². The number of methoxy groups -OCH3 is 1. The minimum absolute atomic E-state index is 0.142. The van der Waals surface area contributed by atoms with Crippen molar-refractivity contribution in [1.29, 1.82) is 0 Å². The summed E-state index contributed by atoms with van der Waals surface area (Å²) in [5, 5.41) is 12.6. The largest absolute Gasteiger partial charge is 0.507 e. The maximum Gasteiger partial charge on any atom is 0.413 e. The lowest BCUT2D eigenvalue weighted by Crippen LogP contribution is -2.39. The number of aromatic hydroxyl groups is 1. The van der Waals surface area contributed by atoms with Crippen LogP contribution in [0.25, 0.3) is 0 Å². The molecule has 150 valence electrons. The summed E-state index contributed by atoms with van der Waals surface area (Å²) in [5.74, 6) is -1.37. The molecule has 0 spiro atoms. The van der Waals surface area contributed by atoms with Gasteiger partial charge >= 0.3 is 12.1 Å². The van der Waals surface area contributed by atoms with E-state index < -0.39 is 34.9 Å². The molecule has 0 fully saturated rings. The maximum atomic E-state index is 12.6. The number of rotatable bonds is 3. The van der Waals surface area contributed by atoms with Gasteiger partial charge in [-0.25, -0.2) is 9.59 Å². The fourth-order valence-corrected chi connectivity index (χ4v) is 2.43. The van der Waals surface area contributed by atoms with Crippen LogP contribution in [-0.4, -0.2) is 36.3 Å². The molecule has 0 saturated carbocycles. The van der Waals surface area contributed by atoms with Gasteiger partial charge in [-0.2, -0.15) is 0 Å². The molecule has 2 N–H and O–H groups in total. The monoisotopic (exact) mass is 379 g/mol. The molecule has 7 nitrogen and oxygen atoms in total. The molecule has 1 aromatic carbocycles. The summed E-state index contributed by atoms with van der Waals surface area (Å²) in [5.41, 5.74) is 0.616. The number of amides is 2. The van der Waals surface area contributed by atoms with Crippen molar-refractivity contribution >= 4 is 18.0 Å². The zero-order valence-electron chi connectivity index (χ0n) is 17.2. The summed E-state index contributed by atoms with van der Waals surface area (Å²) in [6.45, 7) is 12.9. The Morgan fingerprint density at radius 1 is 1.00 bits per heavy atom. The number of hydrogen-bond acceptors (Lipinski definition) is 6. The van der Waals surface area contributed by atoms with E-state index in [2.05, 4.69) is 4.74 Å². The lowest BCUT2D eigenvalue weighted by Gasteiger charge is -2.28. The molecule has 7 heteroatoms. The Hall–Kier alpha value is -2.57. The second kappa shape index (κ2) is 7.98. The first-order valence-electron chi connectivity index (χ1n) is 8.66. The summed E-state index contributed by atoms with van der Waals surface area (Å²) in [6, 6.07) is 3.13. The molecule has 27 heavy (non-hydrogen) atoms. The third-order valence-corrected chi connectivity index (χ3v) is 4.03. The molecule has 0 aliphatic heterocycles. The van der Waals surface area contributed by atoms with Gasteiger partial charge < -0.3 is 14.6 Å². The number of carbonyl (C=O) groups excluding carboxylic acids is 3. The van der Waals surface area contributed by atoms with Crippen LogP contribution in [0.2, 0.25) is 0 Å². The lowest BCUT2D eigenvalue weighted by molar-refractivity contribution is -0.128. The molecule has 0 saturated heterocycles. The molecule has 0 unspecified atom stereocenters. The highest BCUT2D eigenvalue weighted by atomic mass is 16.6. The molecule has 0 bridgehead atoms. The van der Waals surface area contributed by atoms with Gasteiger partial charge in [-0.1, -0.05) is 41.5 Å². The van der Waals surface area contributed by atoms with Crippen LogP contribution in [-0.2, 0) is 25.1 Å². The van der Waals surface area contributed by atoms with Crippen molar-refractivity contribution < 1.29 is 29.0 Å². The quantitative estimate of drug-likeness (QED) is 0.780. The number of ether oxygens (including phenoxy) is 2. The summed E-state index contributed by atoms with van der Waals surface area (Å²) in [7, 11) is 1.12. The first kappa shape index (κ1) is 22.5. The van der Waals surface area contributed by atoms with E-state index in [-0.39, 0.29) is 11.3 Å². The summed E-state index contributed by atoms with van der Waals surface area (Å²) < 4.78 is 9.52. The van der Waals surface area contributed by atoms with Crippen LogP contribution in [0.4, 0.5) is 4.79 Å². The minimum atomic E-state index is -1.19. The van der Waals surface area contributed by atoms with Crippen LogP contribution in [0, 0.1) is 0 Å². The van der Waals surface area contributed by atoms with Gasteiger partial charge in [-0.3, -0.25) is 10.1 Å². The van der Waals surface area contributed by atoms with Crippen molar-refractivity contribution in [3.8, 4) is 5.75 Å². The van der Waals surface area contributed by atoms with Gasteiger partial charge in [0.15, 0.2) is 6.10 Å². The number of imide groups is 1. The van der Waals surface area contributed by atoms with Crippen LogP contribution in [0.3, 0.4) is 0 Å². The fourth-order valence-electron chi connectivity index (χ4n) is 2.43. The van der Waals surface area contributed by atoms with Crippen LogP contribution in [0.1, 0.15) is 70.0 Å². The van der Waals surface area contributed by atoms with Gasteiger partial charge in [0.25, 0.3) is 5.91 Å². The van der Waals surface area contributed by atoms with Gasteiger partial charge in [-0.15, -0.1) is 0 Å². The smallest absolute Gasteiger partial charge is 0.413 e. The predicted molar refractivity (Wildman–Crippen MR) is 101 cm³/mol. The second-order valence-corrected chi connectivity index (χ2v) is 8.45. The first-order valence-corrected chi connectivity index (χ1v) is 8.66. The van der Waals surface area contributed by atoms with Crippen molar-refractivity contribution in [2.75, 3.05) is 7.11 Å². The molecule has 1 atom stereocenters. The van der Waals surface area contributed by atoms with Crippen LogP contribution in [0.5, 0.6) is 5.75 Å². The molecule has 0 radical (unpaired) electrons. The highest BCUT2D eigenvalue weighted by Gasteiger charge is 2.29. The number of carbonyl (C=O) groups is 3. The van der Waals surface area contributed by atoms with Gasteiger partial charge in [0.2, 0.25) is 0 Å². The number of alkyl carbamates (subject to hydrolysis) is 1. The average molecular weight is 379 g/mol. The van der Waals surface area contributed by atoms with Gasteiger partial charge in [0.1, 0.15) is 5.75 Å². The second-order valence-electron chi connectivity index (χ2n) is 8.45. The number of phenols is 1. The highest BCUT2D eigenvalue weighted by molar-refractivity contribution is 5.97. The third-order valence-electron chi connectivity index (χ3n) is 4.03. The van der Waals surface area contributed by atoms with Crippen molar-refractivity contribution in [2.24, 2.45) is 0 Å². The van der Waals surface area contributed by atoms with E-state index in [9.17, 15) is 19.5 Å². The molecule has 2 amide bonds. The Kier molecular flexibility index (Phi) is 6.64. The number of phenolic OH excluding ortho intramolecular Hbond substituents is 1. The third kappa shape index (κ3) is 5.70. The SMILES string of the molecule is COC(=O)NC(=O)[C@H](C)OC(=O)c1cc(C(C)(C)C)c(O)c(C(C)(C)C)c1. The van der Waals surface area contributed by atoms with Crippen LogP contribution < -0.4 is 5.32 Å². The summed E-state index contributed by atoms with van der Waals surface area (Å²) in [6.07, 6.45) is -2.13. The Morgan fingerprint density at radius 2 is 1.44 bits per heavy atom. The molecule has 0 aliphatic rings. The molecular formula is C20H29NO6. The molecule has 0 aliphatic carbocycles. The average Bonchev–Trinajstić information content (AvgIpc) is 2.52. The van der Waals surface area contributed by atoms with Crippen molar-refractivity contribution in [1.82, 2.24) is 5.32 Å². The summed E-state index contributed by atoms with van der Waals surface area (Å²) in [4.78, 5) is 35.5. The topological polar surface area (TPSA) is 102 Å². The molecule has 1 rings (SSSR count). The number of hydrogen-bond donors (Lipinski definition) is 2. The molecule has 0 aromatic heterocycles. The van der Waals surface area contributed by atoms with Crippen LogP contribution >= 0.6 is 0 Å². The molecule has 1 aromatic rings. The van der Waals surface area contributed by atoms with Crippen molar-refractivity contribution in [2.45, 2.75) is 65.4 Å². The standard InChI is InChI=1S/C20H29NO6/c1-11(16(23)21-18(25)26-8)27-17(24)12-9-13(19(2,3)4)15(22)14(10-12)20(5,6)7/h9-11,22H,1-8H3,(H,21,23,25)/t11-/m0/s1. The lowest BCUT2D eigenvalue weighted by atomic mass is 9.78. The zero-order valence-corrected chi connectivity index (χ0v) is 17.2. The van der Waals surface area contributed by atoms with Gasteiger partial charge in [0, 0.05) is 11.1 Å².